The lowest BCUT2D eigenvalue weighted by molar-refractivity contribution is 0.171. The number of rotatable bonds is 6. The molecule has 0 bridgehead atoms. The second kappa shape index (κ2) is 7.71. The molecular formula is C21H20O10. The third kappa shape index (κ3) is 2.90. The van der Waals surface area contributed by atoms with Gasteiger partial charge in [-0.3, -0.25) is 4.79 Å². The van der Waals surface area contributed by atoms with E-state index in [2.05, 4.69) is 0 Å². The molecule has 10 heteroatoms. The Morgan fingerprint density at radius 1 is 0.839 bits per heavy atom. The van der Waals surface area contributed by atoms with Crippen molar-refractivity contribution in [2.45, 2.75) is 0 Å². The number of phenols is 1. The highest BCUT2D eigenvalue weighted by atomic mass is 16.7. The lowest BCUT2D eigenvalue weighted by atomic mass is 10.1. The topological polar surface area (TPSA) is 115 Å². The van der Waals surface area contributed by atoms with E-state index in [0.29, 0.717) is 22.8 Å². The summed E-state index contributed by atoms with van der Waals surface area (Å²) in [7, 11) is 6.88. The summed E-state index contributed by atoms with van der Waals surface area (Å²) in [6.07, 6.45) is 0. The first-order chi connectivity index (χ1) is 15.0. The molecule has 2 heterocycles. The maximum absolute atomic E-state index is 13.3. The average Bonchev–Trinajstić information content (AvgIpc) is 3.26. The van der Waals surface area contributed by atoms with Crippen LogP contribution in [0.5, 0.6) is 46.0 Å². The summed E-state index contributed by atoms with van der Waals surface area (Å²) in [5, 5.41) is 10.5. The van der Waals surface area contributed by atoms with E-state index < -0.39 is 11.2 Å². The molecule has 164 valence electrons. The lowest BCUT2D eigenvalue weighted by Gasteiger charge is -2.17. The Balaban J connectivity index is 2.12. The van der Waals surface area contributed by atoms with Crippen LogP contribution < -0.4 is 38.6 Å². The van der Waals surface area contributed by atoms with Crippen LogP contribution in [0.15, 0.2) is 21.3 Å². The van der Waals surface area contributed by atoms with Crippen molar-refractivity contribution in [3.05, 3.63) is 22.4 Å². The van der Waals surface area contributed by atoms with Gasteiger partial charge in [-0.2, -0.15) is 0 Å². The summed E-state index contributed by atoms with van der Waals surface area (Å²) < 4.78 is 43.6. The van der Waals surface area contributed by atoms with E-state index in [4.69, 9.17) is 37.6 Å². The third-order valence-electron chi connectivity index (χ3n) is 4.88. The highest BCUT2D eigenvalue weighted by Crippen LogP contribution is 2.52. The van der Waals surface area contributed by atoms with Gasteiger partial charge in [0.25, 0.3) is 0 Å². The first-order valence-electron chi connectivity index (χ1n) is 9.04. The molecule has 1 N–H and O–H groups in total. The first-order valence-corrected chi connectivity index (χ1v) is 9.04. The number of phenolic OH excluding ortho intramolecular Hbond substituents is 1. The molecule has 0 unspecified atom stereocenters. The van der Waals surface area contributed by atoms with Gasteiger partial charge in [-0.15, -0.1) is 0 Å². The van der Waals surface area contributed by atoms with E-state index in [1.54, 1.807) is 12.1 Å². The Labute approximate surface area is 176 Å². The molecule has 0 saturated heterocycles. The SMILES string of the molecule is COc1cc(-c2oc3c(OC)c(OC)c(OC)c(O)c3c(=O)c2OC)cc2c1OCO2. The van der Waals surface area contributed by atoms with Gasteiger partial charge in [0.15, 0.2) is 28.6 Å². The van der Waals surface area contributed by atoms with Gasteiger partial charge in [-0.05, 0) is 12.1 Å². The van der Waals surface area contributed by atoms with E-state index in [1.807, 2.05) is 0 Å². The predicted molar refractivity (Wildman–Crippen MR) is 108 cm³/mol. The van der Waals surface area contributed by atoms with Crippen molar-refractivity contribution in [1.29, 1.82) is 0 Å². The van der Waals surface area contributed by atoms with Gasteiger partial charge in [0.1, 0.15) is 5.39 Å². The Kier molecular flexibility index (Phi) is 5.05. The van der Waals surface area contributed by atoms with Gasteiger partial charge in [0.2, 0.25) is 41.0 Å². The molecule has 0 aliphatic carbocycles. The number of benzene rings is 2. The fraction of sp³-hybridized carbons (Fsp3) is 0.286. The normalized spacial score (nSPS) is 12.0. The zero-order valence-corrected chi connectivity index (χ0v) is 17.5. The van der Waals surface area contributed by atoms with Gasteiger partial charge in [0, 0.05) is 5.56 Å². The number of aromatic hydroxyl groups is 1. The minimum atomic E-state index is -0.632. The van der Waals surface area contributed by atoms with Crippen LogP contribution in [-0.2, 0) is 0 Å². The molecule has 1 aromatic heterocycles. The zero-order valence-electron chi connectivity index (χ0n) is 17.5. The van der Waals surface area contributed by atoms with Gasteiger partial charge in [-0.25, -0.2) is 0 Å². The highest BCUT2D eigenvalue weighted by Gasteiger charge is 2.30. The second-order valence-electron chi connectivity index (χ2n) is 6.36. The minimum Gasteiger partial charge on any atom is -0.504 e. The Morgan fingerprint density at radius 2 is 1.52 bits per heavy atom. The van der Waals surface area contributed by atoms with E-state index in [0.717, 1.165) is 0 Å². The van der Waals surface area contributed by atoms with Crippen molar-refractivity contribution in [2.24, 2.45) is 0 Å². The molecule has 1 aliphatic rings. The van der Waals surface area contributed by atoms with E-state index in [-0.39, 0.29) is 46.5 Å². The van der Waals surface area contributed by atoms with Crippen LogP contribution in [-0.4, -0.2) is 47.4 Å². The molecule has 0 radical (unpaired) electrons. The summed E-state index contributed by atoms with van der Waals surface area (Å²) in [4.78, 5) is 13.3. The molecule has 4 rings (SSSR count). The number of methoxy groups -OCH3 is 5. The Bertz CT molecular complexity index is 1230. The second-order valence-corrected chi connectivity index (χ2v) is 6.36. The predicted octanol–water partition coefficient (Wildman–Crippen LogP) is 2.94. The molecular weight excluding hydrogens is 412 g/mol. The Hall–Kier alpha value is -3.95. The fourth-order valence-corrected chi connectivity index (χ4v) is 3.52. The van der Waals surface area contributed by atoms with Crippen LogP contribution in [0, 0.1) is 0 Å². The van der Waals surface area contributed by atoms with Gasteiger partial charge >= 0.3 is 0 Å². The van der Waals surface area contributed by atoms with Crippen LogP contribution in [0.3, 0.4) is 0 Å². The Morgan fingerprint density at radius 3 is 2.13 bits per heavy atom. The van der Waals surface area contributed by atoms with Crippen LogP contribution >= 0.6 is 0 Å². The molecule has 0 fully saturated rings. The molecule has 0 atom stereocenters. The minimum absolute atomic E-state index is 0.0344. The fourth-order valence-electron chi connectivity index (χ4n) is 3.52. The van der Waals surface area contributed by atoms with Crippen molar-refractivity contribution < 1.29 is 42.7 Å². The maximum atomic E-state index is 13.3. The van der Waals surface area contributed by atoms with E-state index in [1.165, 1.54) is 35.5 Å². The third-order valence-corrected chi connectivity index (χ3v) is 4.88. The molecule has 3 aromatic rings. The molecule has 1 aliphatic heterocycles. The zero-order chi connectivity index (χ0) is 22.3. The van der Waals surface area contributed by atoms with Gasteiger partial charge in [-0.1, -0.05) is 0 Å². The van der Waals surface area contributed by atoms with Crippen LogP contribution in [0.2, 0.25) is 0 Å². The first kappa shape index (κ1) is 20.3. The summed E-state index contributed by atoms with van der Waals surface area (Å²) in [6, 6.07) is 3.25. The van der Waals surface area contributed by atoms with Crippen LogP contribution in [0.25, 0.3) is 22.3 Å². The smallest absolute Gasteiger partial charge is 0.239 e. The van der Waals surface area contributed by atoms with E-state index in [9.17, 15) is 9.90 Å². The largest absolute Gasteiger partial charge is 0.504 e. The lowest BCUT2D eigenvalue weighted by Crippen LogP contribution is -2.09. The van der Waals surface area contributed by atoms with Crippen LogP contribution in [0.1, 0.15) is 0 Å². The molecule has 0 amide bonds. The monoisotopic (exact) mass is 432 g/mol. The van der Waals surface area contributed by atoms with Crippen molar-refractivity contribution >= 4 is 11.0 Å². The van der Waals surface area contributed by atoms with Gasteiger partial charge in [0.05, 0.1) is 35.5 Å². The number of hydrogen-bond donors (Lipinski definition) is 1. The molecule has 10 nitrogen and oxygen atoms in total. The van der Waals surface area contributed by atoms with Gasteiger partial charge < -0.3 is 42.7 Å². The standard InChI is InChI=1S/C21H20O10/c1-24-10-6-9(7-11-16(10)30-8-29-11)15-18(25-2)13(22)12-14(23)19(26-3)21(28-5)20(27-4)17(12)31-15/h6-7,23H,8H2,1-5H3. The molecule has 0 saturated carbocycles. The van der Waals surface area contributed by atoms with Crippen molar-refractivity contribution in [2.75, 3.05) is 42.3 Å². The van der Waals surface area contributed by atoms with Crippen LogP contribution in [0.4, 0.5) is 0 Å². The summed E-state index contributed by atoms with van der Waals surface area (Å²) in [5.41, 5.74) is -0.254. The molecule has 2 aromatic carbocycles. The van der Waals surface area contributed by atoms with Crippen molar-refractivity contribution in [3.63, 3.8) is 0 Å². The van der Waals surface area contributed by atoms with Crippen molar-refractivity contribution in [1.82, 2.24) is 0 Å². The number of fused-ring (bicyclic) bond motifs is 2. The number of ether oxygens (including phenoxy) is 7. The quantitative estimate of drug-likeness (QED) is 0.623. The molecule has 31 heavy (non-hydrogen) atoms. The van der Waals surface area contributed by atoms with E-state index >= 15 is 0 Å². The summed E-state index contributed by atoms with van der Waals surface area (Å²) in [5.74, 6) is 0.779. The highest BCUT2D eigenvalue weighted by molar-refractivity contribution is 5.96. The molecule has 0 spiro atoms. The number of hydrogen-bond acceptors (Lipinski definition) is 10. The summed E-state index contributed by atoms with van der Waals surface area (Å²) in [6.45, 7) is 0.0344. The van der Waals surface area contributed by atoms with Crippen molar-refractivity contribution in [3.8, 4) is 57.3 Å². The summed E-state index contributed by atoms with van der Waals surface area (Å²) >= 11 is 0. The maximum Gasteiger partial charge on any atom is 0.239 e. The average molecular weight is 432 g/mol.